The van der Waals surface area contributed by atoms with Gasteiger partial charge in [0.2, 0.25) is 10.0 Å². The summed E-state index contributed by atoms with van der Waals surface area (Å²) in [6.07, 6.45) is 7.13. The molecular weight excluding hydrogens is 408 g/mol. The van der Waals surface area contributed by atoms with Crippen molar-refractivity contribution in [3.05, 3.63) is 40.9 Å². The van der Waals surface area contributed by atoms with Gasteiger partial charge in [-0.1, -0.05) is 19.3 Å². The zero-order valence-corrected chi connectivity index (χ0v) is 18.1. The second-order valence-corrected chi connectivity index (χ2v) is 10.3. The topological polar surface area (TPSA) is 93.1 Å². The number of hydrogen-bond acceptors (Lipinski definition) is 5. The summed E-state index contributed by atoms with van der Waals surface area (Å²) in [5.74, 6) is -0.176. The fraction of sp³-hybridized carbons (Fsp3) is 0.400. The van der Waals surface area contributed by atoms with E-state index in [1.54, 1.807) is 24.3 Å². The average molecular weight is 433 g/mol. The lowest BCUT2D eigenvalue weighted by molar-refractivity contribution is 0.103. The van der Waals surface area contributed by atoms with E-state index in [1.807, 2.05) is 13.0 Å². The van der Waals surface area contributed by atoms with Crippen molar-refractivity contribution >= 4 is 48.9 Å². The van der Waals surface area contributed by atoms with Gasteiger partial charge >= 0.3 is 0 Å². The van der Waals surface area contributed by atoms with Gasteiger partial charge in [0, 0.05) is 16.8 Å². The van der Waals surface area contributed by atoms with Crippen LogP contribution in [0.5, 0.6) is 0 Å². The summed E-state index contributed by atoms with van der Waals surface area (Å²) in [4.78, 5) is 14.5. The van der Waals surface area contributed by atoms with Crippen LogP contribution in [0.4, 0.5) is 11.4 Å². The first kappa shape index (κ1) is 19.9. The van der Waals surface area contributed by atoms with Crippen LogP contribution >= 0.6 is 11.3 Å². The molecule has 7 nitrogen and oxygen atoms in total. The zero-order chi connectivity index (χ0) is 20.6. The van der Waals surface area contributed by atoms with Gasteiger partial charge in [0.1, 0.15) is 4.83 Å². The van der Waals surface area contributed by atoms with Gasteiger partial charge < -0.3 is 5.32 Å². The van der Waals surface area contributed by atoms with Gasteiger partial charge in [-0.25, -0.2) is 8.42 Å². The Morgan fingerprint density at radius 2 is 1.79 bits per heavy atom. The second-order valence-electron chi connectivity index (χ2n) is 7.56. The third-order valence-electron chi connectivity index (χ3n) is 5.16. The molecule has 1 fully saturated rings. The Morgan fingerprint density at radius 1 is 1.14 bits per heavy atom. The summed E-state index contributed by atoms with van der Waals surface area (Å²) < 4.78 is 27.1. The number of benzene rings is 1. The lowest BCUT2D eigenvalue weighted by atomic mass is 9.96. The lowest BCUT2D eigenvalue weighted by Gasteiger charge is -2.22. The van der Waals surface area contributed by atoms with Crippen molar-refractivity contribution in [1.82, 2.24) is 9.78 Å². The van der Waals surface area contributed by atoms with Crippen molar-refractivity contribution < 1.29 is 13.2 Å². The van der Waals surface area contributed by atoms with Crippen LogP contribution in [0.1, 0.15) is 53.5 Å². The average Bonchev–Trinajstić information content (AvgIpc) is 3.24. The minimum atomic E-state index is -3.33. The quantitative estimate of drug-likeness (QED) is 0.619. The van der Waals surface area contributed by atoms with Gasteiger partial charge in [-0.05, 0) is 50.1 Å². The van der Waals surface area contributed by atoms with Crippen molar-refractivity contribution in [2.75, 3.05) is 16.3 Å². The number of fused-ring (bicyclic) bond motifs is 1. The molecule has 0 spiro atoms. The number of rotatable bonds is 5. The standard InChI is InChI=1S/C20H24N4O3S2/c1-13-17-12-18(28-20(17)24(22-13)16-6-4-3-5-7-16)19(25)21-14-8-10-15(11-9-14)23-29(2,26)27/h8-12,16,23H,3-7H2,1-2H3,(H,21,25). The smallest absolute Gasteiger partial charge is 0.265 e. The van der Waals surface area contributed by atoms with E-state index in [4.69, 9.17) is 5.10 Å². The van der Waals surface area contributed by atoms with E-state index in [2.05, 4.69) is 14.7 Å². The summed E-state index contributed by atoms with van der Waals surface area (Å²) in [6.45, 7) is 1.99. The van der Waals surface area contributed by atoms with Crippen molar-refractivity contribution in [2.24, 2.45) is 0 Å². The largest absolute Gasteiger partial charge is 0.321 e. The molecule has 2 heterocycles. The van der Waals surface area contributed by atoms with Crippen molar-refractivity contribution in [3.63, 3.8) is 0 Å². The SMILES string of the molecule is Cc1nn(C2CCCCC2)c2sc(C(=O)Nc3ccc(NS(C)(=O)=O)cc3)cc12. The van der Waals surface area contributed by atoms with Gasteiger partial charge in [-0.15, -0.1) is 11.3 Å². The molecule has 1 saturated carbocycles. The van der Waals surface area contributed by atoms with Crippen LogP contribution in [0.25, 0.3) is 10.2 Å². The van der Waals surface area contributed by atoms with Gasteiger partial charge in [0.15, 0.2) is 0 Å². The summed E-state index contributed by atoms with van der Waals surface area (Å²) in [6, 6.07) is 8.92. The first-order valence-corrected chi connectivity index (χ1v) is 12.4. The molecule has 154 valence electrons. The summed E-state index contributed by atoms with van der Waals surface area (Å²) >= 11 is 1.47. The second kappa shape index (κ2) is 7.79. The first-order chi connectivity index (χ1) is 13.8. The molecule has 1 aliphatic rings. The zero-order valence-electron chi connectivity index (χ0n) is 16.4. The Labute approximate surface area is 174 Å². The van der Waals surface area contributed by atoms with Gasteiger partial charge in [0.05, 0.1) is 22.9 Å². The molecule has 0 saturated heterocycles. The summed E-state index contributed by atoms with van der Waals surface area (Å²) in [5.41, 5.74) is 2.02. The molecule has 9 heteroatoms. The molecule has 3 aromatic rings. The van der Waals surface area contributed by atoms with Crippen molar-refractivity contribution in [3.8, 4) is 0 Å². The van der Waals surface area contributed by atoms with Crippen LogP contribution in [0.3, 0.4) is 0 Å². The number of carbonyl (C=O) groups is 1. The van der Waals surface area contributed by atoms with E-state index in [9.17, 15) is 13.2 Å². The van der Waals surface area contributed by atoms with E-state index in [0.717, 1.165) is 35.0 Å². The molecule has 29 heavy (non-hydrogen) atoms. The first-order valence-electron chi connectivity index (χ1n) is 9.68. The number of sulfonamides is 1. The number of thiophene rings is 1. The molecule has 1 aromatic carbocycles. The molecule has 2 aromatic heterocycles. The number of amides is 1. The lowest BCUT2D eigenvalue weighted by Crippen LogP contribution is -2.14. The predicted molar refractivity (Wildman–Crippen MR) is 117 cm³/mol. The van der Waals surface area contributed by atoms with Crippen molar-refractivity contribution in [1.29, 1.82) is 0 Å². The third kappa shape index (κ3) is 4.45. The summed E-state index contributed by atoms with van der Waals surface area (Å²) in [7, 11) is -3.33. The Kier molecular flexibility index (Phi) is 5.35. The number of anilines is 2. The molecule has 1 amide bonds. The van der Waals surface area contributed by atoms with Crippen LogP contribution in [-0.4, -0.2) is 30.4 Å². The van der Waals surface area contributed by atoms with Gasteiger partial charge in [-0.3, -0.25) is 14.2 Å². The third-order valence-corrected chi connectivity index (χ3v) is 6.89. The highest BCUT2D eigenvalue weighted by atomic mass is 32.2. The molecule has 0 radical (unpaired) electrons. The van der Waals surface area contributed by atoms with E-state index >= 15 is 0 Å². The number of hydrogen-bond donors (Lipinski definition) is 2. The number of nitrogens with one attached hydrogen (secondary N) is 2. The van der Waals surface area contributed by atoms with Crippen LogP contribution in [0, 0.1) is 6.92 Å². The number of aromatic nitrogens is 2. The normalized spacial score (nSPS) is 15.5. The molecule has 1 aliphatic carbocycles. The molecule has 0 aliphatic heterocycles. The molecule has 0 atom stereocenters. The Hall–Kier alpha value is -2.39. The highest BCUT2D eigenvalue weighted by molar-refractivity contribution is 7.92. The molecule has 4 rings (SSSR count). The fourth-order valence-electron chi connectivity index (χ4n) is 3.79. The van der Waals surface area contributed by atoms with Crippen LogP contribution in [0.2, 0.25) is 0 Å². The molecule has 2 N–H and O–H groups in total. The minimum Gasteiger partial charge on any atom is -0.321 e. The van der Waals surface area contributed by atoms with Crippen molar-refractivity contribution in [2.45, 2.75) is 45.1 Å². The van der Waals surface area contributed by atoms with E-state index < -0.39 is 10.0 Å². The van der Waals surface area contributed by atoms with E-state index in [1.165, 1.54) is 30.6 Å². The Bertz CT molecular complexity index is 1140. The van der Waals surface area contributed by atoms with Crippen LogP contribution in [-0.2, 0) is 10.0 Å². The maximum atomic E-state index is 12.8. The monoisotopic (exact) mass is 432 g/mol. The number of nitrogens with zero attached hydrogens (tertiary/aromatic N) is 2. The summed E-state index contributed by atoms with van der Waals surface area (Å²) in [5, 5.41) is 8.66. The Morgan fingerprint density at radius 3 is 2.45 bits per heavy atom. The predicted octanol–water partition coefficient (Wildman–Crippen LogP) is 4.54. The van der Waals surface area contributed by atoms with Gasteiger partial charge in [-0.2, -0.15) is 5.10 Å². The number of aryl methyl sites for hydroxylation is 1. The minimum absolute atomic E-state index is 0.176. The molecule has 0 unspecified atom stereocenters. The highest BCUT2D eigenvalue weighted by Crippen LogP contribution is 2.35. The Balaban J connectivity index is 1.53. The van der Waals surface area contributed by atoms with Crippen LogP contribution in [0.15, 0.2) is 30.3 Å². The fourth-order valence-corrected chi connectivity index (χ4v) is 5.48. The maximum absolute atomic E-state index is 12.8. The van der Waals surface area contributed by atoms with E-state index in [0.29, 0.717) is 22.3 Å². The van der Waals surface area contributed by atoms with E-state index in [-0.39, 0.29) is 5.91 Å². The molecular formula is C20H24N4O3S2. The maximum Gasteiger partial charge on any atom is 0.265 e. The van der Waals surface area contributed by atoms with Gasteiger partial charge in [0.25, 0.3) is 5.91 Å². The highest BCUT2D eigenvalue weighted by Gasteiger charge is 2.22. The van der Waals surface area contributed by atoms with Crippen LogP contribution < -0.4 is 10.0 Å². The number of carbonyl (C=O) groups excluding carboxylic acids is 1. The molecule has 0 bridgehead atoms.